The third kappa shape index (κ3) is 16.0. The van der Waals surface area contributed by atoms with Gasteiger partial charge in [-0.15, -0.1) is 0 Å². The first kappa shape index (κ1) is 32.2. The van der Waals surface area contributed by atoms with Gasteiger partial charge in [-0.05, 0) is 73.9 Å². The highest BCUT2D eigenvalue weighted by molar-refractivity contribution is 5.64. The van der Waals surface area contributed by atoms with Crippen LogP contribution in [0.2, 0.25) is 0 Å². The Balaban J connectivity index is 1.54. The minimum absolute atomic E-state index is 0.806. The fourth-order valence-corrected chi connectivity index (χ4v) is 4.66. The van der Waals surface area contributed by atoms with Crippen LogP contribution >= 0.6 is 0 Å². The van der Waals surface area contributed by atoms with E-state index in [0.29, 0.717) is 0 Å². The maximum atomic E-state index is 5.97. The fourth-order valence-electron chi connectivity index (χ4n) is 4.66. The summed E-state index contributed by atoms with van der Waals surface area (Å²) in [5.74, 6) is 1.93. The summed E-state index contributed by atoms with van der Waals surface area (Å²) in [6.45, 7) is 4.16. The lowest BCUT2D eigenvalue weighted by Gasteiger charge is -2.23. The molecule has 0 N–H and O–H groups in total. The Morgan fingerprint density at radius 3 is 1.00 bits per heavy atom. The van der Waals surface area contributed by atoms with Gasteiger partial charge in [0.1, 0.15) is 11.5 Å². The predicted molar refractivity (Wildman–Crippen MR) is 164 cm³/mol. The van der Waals surface area contributed by atoms with Crippen LogP contribution in [0.5, 0.6) is 11.5 Å². The zero-order chi connectivity index (χ0) is 27.7. The van der Waals surface area contributed by atoms with E-state index in [2.05, 4.69) is 90.8 Å². The van der Waals surface area contributed by atoms with Gasteiger partial charge < -0.3 is 18.4 Å². The van der Waals surface area contributed by atoms with Gasteiger partial charge in [0.15, 0.2) is 0 Å². The molecule has 0 aliphatic rings. The number of quaternary nitrogens is 2. The molecule has 0 aliphatic carbocycles. The van der Waals surface area contributed by atoms with E-state index in [1.807, 2.05) is 0 Å². The molecule has 4 heteroatoms. The molecule has 0 unspecified atom stereocenters. The van der Waals surface area contributed by atoms with Gasteiger partial charge in [-0.1, -0.05) is 62.8 Å². The maximum absolute atomic E-state index is 5.97. The van der Waals surface area contributed by atoms with Crippen molar-refractivity contribution in [1.29, 1.82) is 0 Å². The lowest BCUT2D eigenvalue weighted by Crippen LogP contribution is -2.35. The molecule has 214 valence electrons. The molecule has 0 heterocycles. The Bertz CT molecular complexity index is 775. The molecule has 0 saturated carbocycles. The average Bonchev–Trinajstić information content (AvgIpc) is 2.86. The molecule has 0 saturated heterocycles. The third-order valence-corrected chi connectivity index (χ3v) is 7.03. The van der Waals surface area contributed by atoms with Gasteiger partial charge in [0, 0.05) is 0 Å². The lowest BCUT2D eigenvalue weighted by atomic mass is 10.1. The molecular formula is C34H58N2O2+2. The second-order valence-electron chi connectivity index (χ2n) is 13.0. The van der Waals surface area contributed by atoms with Crippen molar-refractivity contribution < 1.29 is 18.4 Å². The second kappa shape index (κ2) is 17.5. The Morgan fingerprint density at radius 2 is 0.684 bits per heavy atom. The molecule has 0 atom stereocenters. The molecular weight excluding hydrogens is 468 g/mol. The molecule has 0 aliphatic heterocycles. The van der Waals surface area contributed by atoms with Gasteiger partial charge in [-0.3, -0.25) is 0 Å². The normalized spacial score (nSPS) is 12.1. The number of rotatable bonds is 21. The predicted octanol–water partition coefficient (Wildman–Crippen LogP) is 8.20. The first-order valence-corrected chi connectivity index (χ1v) is 15.2. The summed E-state index contributed by atoms with van der Waals surface area (Å²) in [5, 5.41) is 0. The SMILES string of the molecule is C[N+](C)(C)CCCCCCCCOc1ccc(-c2ccc(OCCCCCCCC[N+](C)(C)C)cc2)cc1. The van der Waals surface area contributed by atoms with Gasteiger partial charge in [0.25, 0.3) is 0 Å². The van der Waals surface area contributed by atoms with Crippen molar-refractivity contribution >= 4 is 0 Å². The van der Waals surface area contributed by atoms with Crippen molar-refractivity contribution in [3.8, 4) is 22.6 Å². The highest BCUT2D eigenvalue weighted by atomic mass is 16.5. The Morgan fingerprint density at radius 1 is 0.395 bits per heavy atom. The maximum Gasteiger partial charge on any atom is 0.119 e. The summed E-state index contributed by atoms with van der Waals surface area (Å²) >= 11 is 0. The van der Waals surface area contributed by atoms with Crippen LogP contribution in [-0.4, -0.2) is 77.6 Å². The summed E-state index contributed by atoms with van der Waals surface area (Å²) in [6, 6.07) is 17.0. The van der Waals surface area contributed by atoms with E-state index in [9.17, 15) is 0 Å². The van der Waals surface area contributed by atoms with E-state index in [1.165, 1.54) is 88.4 Å². The van der Waals surface area contributed by atoms with Crippen LogP contribution in [-0.2, 0) is 0 Å². The first-order valence-electron chi connectivity index (χ1n) is 15.2. The van der Waals surface area contributed by atoms with E-state index >= 15 is 0 Å². The topological polar surface area (TPSA) is 18.5 Å². The highest BCUT2D eigenvalue weighted by Crippen LogP contribution is 2.25. The molecule has 4 nitrogen and oxygen atoms in total. The molecule has 0 aromatic heterocycles. The van der Waals surface area contributed by atoms with Crippen LogP contribution in [0.4, 0.5) is 0 Å². The monoisotopic (exact) mass is 526 g/mol. The molecule has 2 aromatic carbocycles. The summed E-state index contributed by atoms with van der Waals surface area (Å²) in [4.78, 5) is 0. The highest BCUT2D eigenvalue weighted by Gasteiger charge is 2.06. The van der Waals surface area contributed by atoms with Gasteiger partial charge in [-0.2, -0.15) is 0 Å². The number of ether oxygens (including phenoxy) is 2. The number of unbranched alkanes of at least 4 members (excludes halogenated alkanes) is 10. The van der Waals surface area contributed by atoms with Gasteiger partial charge in [-0.25, -0.2) is 0 Å². The third-order valence-electron chi connectivity index (χ3n) is 7.03. The van der Waals surface area contributed by atoms with E-state index in [1.54, 1.807) is 0 Å². The summed E-state index contributed by atoms with van der Waals surface area (Å²) in [6.07, 6.45) is 15.5. The Kier molecular flexibility index (Phi) is 14.8. The number of nitrogens with zero attached hydrogens (tertiary/aromatic N) is 2. The standard InChI is InChI=1S/C34H58N2O2/c1-35(2,3)27-15-11-7-9-13-17-29-37-33-23-19-31(20-24-33)32-21-25-34(26-22-32)38-30-18-14-10-8-12-16-28-36(4,5)6/h19-26H,7-18,27-30H2,1-6H3/q+2. The van der Waals surface area contributed by atoms with Crippen LogP contribution in [0.1, 0.15) is 77.0 Å². The van der Waals surface area contributed by atoms with Crippen LogP contribution in [0.15, 0.2) is 48.5 Å². The van der Waals surface area contributed by atoms with Gasteiger partial charge >= 0.3 is 0 Å². The van der Waals surface area contributed by atoms with Crippen molar-refractivity contribution in [2.24, 2.45) is 0 Å². The van der Waals surface area contributed by atoms with Crippen molar-refractivity contribution in [3.05, 3.63) is 48.5 Å². The fraction of sp³-hybridized carbons (Fsp3) is 0.647. The number of hydrogen-bond donors (Lipinski definition) is 0. The average molecular weight is 527 g/mol. The molecule has 0 spiro atoms. The number of benzene rings is 2. The van der Waals surface area contributed by atoms with Gasteiger partial charge in [0.2, 0.25) is 0 Å². The van der Waals surface area contributed by atoms with Crippen molar-refractivity contribution in [3.63, 3.8) is 0 Å². The lowest BCUT2D eigenvalue weighted by molar-refractivity contribution is -0.870. The van der Waals surface area contributed by atoms with E-state index < -0.39 is 0 Å². The van der Waals surface area contributed by atoms with Crippen LogP contribution in [0.3, 0.4) is 0 Å². The molecule has 0 fully saturated rings. The molecule has 2 aromatic rings. The Hall–Kier alpha value is -2.04. The smallest absolute Gasteiger partial charge is 0.119 e. The minimum atomic E-state index is 0.806. The van der Waals surface area contributed by atoms with E-state index in [4.69, 9.17) is 9.47 Å². The van der Waals surface area contributed by atoms with Crippen molar-refractivity contribution in [1.82, 2.24) is 0 Å². The van der Waals surface area contributed by atoms with Crippen LogP contribution in [0.25, 0.3) is 11.1 Å². The summed E-state index contributed by atoms with van der Waals surface area (Å²) in [7, 11) is 13.6. The quantitative estimate of drug-likeness (QED) is 0.121. The molecule has 2 rings (SSSR count). The van der Waals surface area contributed by atoms with Gasteiger partial charge in [0.05, 0.1) is 68.6 Å². The van der Waals surface area contributed by atoms with E-state index in [-0.39, 0.29) is 0 Å². The largest absolute Gasteiger partial charge is 0.494 e. The van der Waals surface area contributed by atoms with E-state index in [0.717, 1.165) is 46.5 Å². The first-order chi connectivity index (χ1) is 18.1. The zero-order valence-corrected chi connectivity index (χ0v) is 25.6. The molecule has 0 radical (unpaired) electrons. The zero-order valence-electron chi connectivity index (χ0n) is 25.6. The molecule has 0 bridgehead atoms. The van der Waals surface area contributed by atoms with Crippen molar-refractivity contribution in [2.45, 2.75) is 77.0 Å². The van der Waals surface area contributed by atoms with Crippen molar-refractivity contribution in [2.75, 3.05) is 68.6 Å². The molecule has 0 amide bonds. The Labute approximate surface area is 235 Å². The minimum Gasteiger partial charge on any atom is -0.494 e. The molecule has 38 heavy (non-hydrogen) atoms. The second-order valence-corrected chi connectivity index (χ2v) is 13.0. The summed E-state index contributed by atoms with van der Waals surface area (Å²) in [5.41, 5.74) is 2.42. The number of hydrogen-bond acceptors (Lipinski definition) is 2. The summed E-state index contributed by atoms with van der Waals surface area (Å²) < 4.78 is 14.1. The van der Waals surface area contributed by atoms with Crippen LogP contribution in [0, 0.1) is 0 Å². The van der Waals surface area contributed by atoms with Crippen LogP contribution < -0.4 is 9.47 Å².